The molecular formula is C15H22O2. The van der Waals surface area contributed by atoms with Crippen molar-refractivity contribution in [1.29, 1.82) is 0 Å². The number of hydrogen-bond donors (Lipinski definition) is 1. The van der Waals surface area contributed by atoms with Crippen LogP contribution < -0.4 is 0 Å². The van der Waals surface area contributed by atoms with E-state index in [0.29, 0.717) is 6.61 Å². The molecule has 0 saturated carbocycles. The third-order valence-electron chi connectivity index (χ3n) is 2.68. The van der Waals surface area contributed by atoms with Gasteiger partial charge >= 0.3 is 0 Å². The average molecular weight is 234 g/mol. The van der Waals surface area contributed by atoms with Gasteiger partial charge in [-0.2, -0.15) is 0 Å². The maximum Gasteiger partial charge on any atom is 0.110 e. The molecule has 0 heterocycles. The van der Waals surface area contributed by atoms with Crippen LogP contribution in [0.5, 0.6) is 0 Å². The van der Waals surface area contributed by atoms with Crippen LogP contribution in [0.1, 0.15) is 38.8 Å². The van der Waals surface area contributed by atoms with Gasteiger partial charge in [-0.1, -0.05) is 45.0 Å². The molecule has 0 spiro atoms. The maximum absolute atomic E-state index is 8.62. The molecule has 17 heavy (non-hydrogen) atoms. The second kappa shape index (κ2) is 5.87. The fraction of sp³-hybridized carbons (Fsp3) is 0.467. The predicted molar refractivity (Wildman–Crippen MR) is 71.8 cm³/mol. The molecule has 1 aromatic carbocycles. The van der Waals surface area contributed by atoms with Gasteiger partial charge in [-0.05, 0) is 29.0 Å². The Bertz CT molecular complexity index is 369. The van der Waals surface area contributed by atoms with E-state index in [4.69, 9.17) is 9.84 Å². The first kappa shape index (κ1) is 13.8. The van der Waals surface area contributed by atoms with Gasteiger partial charge in [0, 0.05) is 0 Å². The minimum Gasteiger partial charge on any atom is -0.499 e. The van der Waals surface area contributed by atoms with Gasteiger partial charge in [-0.15, -0.1) is 0 Å². The summed E-state index contributed by atoms with van der Waals surface area (Å²) in [6.07, 6.45) is 1.70. The number of hydrogen-bond acceptors (Lipinski definition) is 2. The molecule has 0 amide bonds. The summed E-state index contributed by atoms with van der Waals surface area (Å²) in [6.45, 7) is 9.01. The quantitative estimate of drug-likeness (QED) is 0.639. The summed E-state index contributed by atoms with van der Waals surface area (Å²) in [4.78, 5) is 0. The van der Waals surface area contributed by atoms with E-state index in [1.165, 1.54) is 5.56 Å². The molecule has 0 aliphatic rings. The van der Waals surface area contributed by atoms with Gasteiger partial charge in [0.15, 0.2) is 0 Å². The van der Waals surface area contributed by atoms with Crippen molar-refractivity contribution in [2.45, 2.75) is 33.1 Å². The van der Waals surface area contributed by atoms with Crippen LogP contribution in [0.2, 0.25) is 0 Å². The Hall–Kier alpha value is -1.28. The van der Waals surface area contributed by atoms with Gasteiger partial charge in [0.05, 0.1) is 12.9 Å². The molecule has 0 fully saturated rings. The van der Waals surface area contributed by atoms with Crippen LogP contribution in [0.15, 0.2) is 30.5 Å². The Labute approximate surface area is 104 Å². The van der Waals surface area contributed by atoms with Crippen LogP contribution in [0.4, 0.5) is 0 Å². The Kier molecular flexibility index (Phi) is 4.76. The molecule has 0 saturated heterocycles. The van der Waals surface area contributed by atoms with E-state index >= 15 is 0 Å². The Balaban J connectivity index is 2.77. The summed E-state index contributed by atoms with van der Waals surface area (Å²) >= 11 is 0. The van der Waals surface area contributed by atoms with Crippen LogP contribution in [0.3, 0.4) is 0 Å². The maximum atomic E-state index is 8.62. The molecule has 94 valence electrons. The zero-order valence-corrected chi connectivity index (χ0v) is 11.2. The van der Waals surface area contributed by atoms with Crippen LogP contribution in [-0.4, -0.2) is 18.3 Å². The third-order valence-corrected chi connectivity index (χ3v) is 2.68. The third kappa shape index (κ3) is 4.23. The molecule has 1 aromatic rings. The summed E-state index contributed by atoms with van der Waals surface area (Å²) in [5, 5.41) is 8.62. The van der Waals surface area contributed by atoms with E-state index in [-0.39, 0.29) is 12.0 Å². The lowest BCUT2D eigenvalue weighted by Crippen LogP contribution is -2.10. The standard InChI is InChI=1S/C15H22O2/c1-12(11-17-10-9-16)13-5-7-14(8-6-13)15(2,3)4/h5-8,11,16H,9-10H2,1-4H3/b12-11+. The van der Waals surface area contributed by atoms with Crippen molar-refractivity contribution < 1.29 is 9.84 Å². The summed E-state index contributed by atoms with van der Waals surface area (Å²) in [7, 11) is 0. The molecule has 0 radical (unpaired) electrons. The highest BCUT2D eigenvalue weighted by molar-refractivity contribution is 5.63. The SMILES string of the molecule is C/C(=C\OCCO)c1ccc(C(C)(C)C)cc1. The lowest BCUT2D eigenvalue weighted by Gasteiger charge is -2.19. The second-order valence-electron chi connectivity index (χ2n) is 5.22. The molecule has 1 rings (SSSR count). The molecule has 2 heteroatoms. The van der Waals surface area contributed by atoms with E-state index in [9.17, 15) is 0 Å². The topological polar surface area (TPSA) is 29.5 Å². The van der Waals surface area contributed by atoms with E-state index in [1.54, 1.807) is 6.26 Å². The van der Waals surface area contributed by atoms with Crippen molar-refractivity contribution in [3.05, 3.63) is 41.7 Å². The van der Waals surface area contributed by atoms with Crippen molar-refractivity contribution in [1.82, 2.24) is 0 Å². The normalized spacial score (nSPS) is 12.6. The molecule has 0 aliphatic heterocycles. The van der Waals surface area contributed by atoms with E-state index in [1.807, 2.05) is 6.92 Å². The van der Waals surface area contributed by atoms with Gasteiger partial charge < -0.3 is 9.84 Å². The van der Waals surface area contributed by atoms with Crippen molar-refractivity contribution in [2.24, 2.45) is 0 Å². The summed E-state index contributed by atoms with van der Waals surface area (Å²) in [6, 6.07) is 8.51. The van der Waals surface area contributed by atoms with Crippen LogP contribution in [0, 0.1) is 0 Å². The first-order valence-corrected chi connectivity index (χ1v) is 5.95. The van der Waals surface area contributed by atoms with Gasteiger partial charge in [0.2, 0.25) is 0 Å². The monoisotopic (exact) mass is 234 g/mol. The summed E-state index contributed by atoms with van der Waals surface area (Å²) in [5.74, 6) is 0. The molecule has 0 bridgehead atoms. The zero-order valence-electron chi connectivity index (χ0n) is 11.2. The van der Waals surface area contributed by atoms with Crippen LogP contribution in [0.25, 0.3) is 5.57 Å². The zero-order chi connectivity index (χ0) is 12.9. The molecule has 0 unspecified atom stereocenters. The first-order valence-electron chi connectivity index (χ1n) is 5.95. The highest BCUT2D eigenvalue weighted by Crippen LogP contribution is 2.24. The molecule has 0 aromatic heterocycles. The van der Waals surface area contributed by atoms with Crippen molar-refractivity contribution >= 4 is 5.57 Å². The number of aliphatic hydroxyl groups is 1. The van der Waals surface area contributed by atoms with Crippen molar-refractivity contribution in [3.8, 4) is 0 Å². The van der Waals surface area contributed by atoms with E-state index < -0.39 is 0 Å². The van der Waals surface area contributed by atoms with Crippen molar-refractivity contribution in [3.63, 3.8) is 0 Å². The minimum atomic E-state index is 0.0484. The number of allylic oxidation sites excluding steroid dienone is 1. The average Bonchev–Trinajstić information content (AvgIpc) is 2.28. The number of aliphatic hydroxyl groups excluding tert-OH is 1. The minimum absolute atomic E-state index is 0.0484. The van der Waals surface area contributed by atoms with Crippen LogP contribution in [-0.2, 0) is 10.2 Å². The van der Waals surface area contributed by atoms with Gasteiger partial charge in [0.1, 0.15) is 6.61 Å². The molecule has 0 aliphatic carbocycles. The van der Waals surface area contributed by atoms with Gasteiger partial charge in [0.25, 0.3) is 0 Å². The smallest absolute Gasteiger partial charge is 0.110 e. The summed E-state index contributed by atoms with van der Waals surface area (Å²) < 4.78 is 5.18. The second-order valence-corrected chi connectivity index (χ2v) is 5.22. The lowest BCUT2D eigenvalue weighted by atomic mass is 9.86. The Morgan fingerprint density at radius 1 is 1.24 bits per heavy atom. The predicted octanol–water partition coefficient (Wildman–Crippen LogP) is 3.35. The first-order chi connectivity index (χ1) is 7.95. The largest absolute Gasteiger partial charge is 0.499 e. The summed E-state index contributed by atoms with van der Waals surface area (Å²) in [5.41, 5.74) is 3.73. The highest BCUT2D eigenvalue weighted by Gasteiger charge is 2.12. The Morgan fingerprint density at radius 3 is 2.29 bits per heavy atom. The highest BCUT2D eigenvalue weighted by atomic mass is 16.5. The van der Waals surface area contributed by atoms with Crippen LogP contribution >= 0.6 is 0 Å². The molecular weight excluding hydrogens is 212 g/mol. The number of rotatable bonds is 4. The molecule has 2 nitrogen and oxygen atoms in total. The molecule has 1 N–H and O–H groups in total. The van der Waals surface area contributed by atoms with Crippen molar-refractivity contribution in [2.75, 3.05) is 13.2 Å². The molecule has 0 atom stereocenters. The number of ether oxygens (including phenoxy) is 1. The van der Waals surface area contributed by atoms with Gasteiger partial charge in [-0.3, -0.25) is 0 Å². The Morgan fingerprint density at radius 2 is 1.82 bits per heavy atom. The lowest BCUT2D eigenvalue weighted by molar-refractivity contribution is 0.166. The number of benzene rings is 1. The fourth-order valence-corrected chi connectivity index (χ4v) is 1.54. The fourth-order valence-electron chi connectivity index (χ4n) is 1.54. The van der Waals surface area contributed by atoms with E-state index in [2.05, 4.69) is 45.0 Å². The van der Waals surface area contributed by atoms with Gasteiger partial charge in [-0.25, -0.2) is 0 Å². The van der Waals surface area contributed by atoms with E-state index in [0.717, 1.165) is 11.1 Å².